The normalized spacial score (nSPS) is 23.4. The number of aromatic nitrogens is 2. The molecule has 1 atom stereocenters. The maximum atomic E-state index is 13.1. The van der Waals surface area contributed by atoms with Crippen LogP contribution >= 0.6 is 11.3 Å². The lowest BCUT2D eigenvalue weighted by Crippen LogP contribution is -2.59. The summed E-state index contributed by atoms with van der Waals surface area (Å²) in [4.78, 5) is 30.9. The fourth-order valence-corrected chi connectivity index (χ4v) is 5.70. The summed E-state index contributed by atoms with van der Waals surface area (Å²) in [5.41, 5.74) is 0.856. The highest BCUT2D eigenvalue weighted by Crippen LogP contribution is 2.32. The molecular formula is C22H28N4O3S. The molecule has 0 radical (unpaired) electrons. The van der Waals surface area contributed by atoms with Crippen molar-refractivity contribution in [1.82, 2.24) is 19.6 Å². The summed E-state index contributed by atoms with van der Waals surface area (Å²) in [6, 6.07) is 6.02. The lowest BCUT2D eigenvalue weighted by molar-refractivity contribution is -0.164. The van der Waals surface area contributed by atoms with Crippen LogP contribution in [0.3, 0.4) is 0 Å². The molecule has 0 saturated carbocycles. The van der Waals surface area contributed by atoms with Crippen molar-refractivity contribution in [2.45, 2.75) is 44.2 Å². The molecule has 2 saturated heterocycles. The Balaban J connectivity index is 1.17. The molecule has 160 valence electrons. The molecule has 2 aromatic rings. The number of thiophene rings is 1. The number of aryl methyl sites for hydroxylation is 1. The van der Waals surface area contributed by atoms with Gasteiger partial charge in [0.2, 0.25) is 11.8 Å². The molecule has 30 heavy (non-hydrogen) atoms. The largest absolute Gasteiger partial charge is 0.371 e. The molecule has 3 aliphatic heterocycles. The standard InChI is InChI=1S/C22H28N4O3S/c27-20(15-19-2-1-13-30-19)25-11-12-29-22(16-25)5-9-24(10-6-22)21(28)17-4-8-26-18(14-17)3-7-23-26/h1-3,7,13,17H,4-6,8-12,14-16H2. The van der Waals surface area contributed by atoms with Crippen molar-refractivity contribution in [2.24, 2.45) is 5.92 Å². The van der Waals surface area contributed by atoms with Gasteiger partial charge in [-0.1, -0.05) is 6.07 Å². The van der Waals surface area contributed by atoms with Gasteiger partial charge in [0, 0.05) is 61.8 Å². The second-order valence-corrected chi connectivity index (χ2v) is 9.70. The number of carbonyl (C=O) groups excluding carboxylic acids is 2. The van der Waals surface area contributed by atoms with E-state index in [-0.39, 0.29) is 23.3 Å². The summed E-state index contributed by atoms with van der Waals surface area (Å²) >= 11 is 1.63. The van der Waals surface area contributed by atoms with Gasteiger partial charge >= 0.3 is 0 Å². The molecular weight excluding hydrogens is 400 g/mol. The molecule has 0 aliphatic carbocycles. The number of nitrogens with zero attached hydrogens (tertiary/aromatic N) is 4. The summed E-state index contributed by atoms with van der Waals surface area (Å²) in [5, 5.41) is 6.32. The highest BCUT2D eigenvalue weighted by Gasteiger charge is 2.42. The minimum atomic E-state index is -0.300. The number of hydrogen-bond donors (Lipinski definition) is 0. The van der Waals surface area contributed by atoms with Crippen LogP contribution in [0.1, 0.15) is 29.8 Å². The first kappa shape index (κ1) is 19.8. The van der Waals surface area contributed by atoms with Gasteiger partial charge in [0.15, 0.2) is 0 Å². The van der Waals surface area contributed by atoms with Crippen molar-refractivity contribution in [1.29, 1.82) is 0 Å². The van der Waals surface area contributed by atoms with Gasteiger partial charge in [0.1, 0.15) is 0 Å². The Bertz CT molecular complexity index is 901. The van der Waals surface area contributed by atoms with Gasteiger partial charge < -0.3 is 14.5 Å². The van der Waals surface area contributed by atoms with E-state index in [2.05, 4.69) is 5.10 Å². The highest BCUT2D eigenvalue weighted by atomic mass is 32.1. The highest BCUT2D eigenvalue weighted by molar-refractivity contribution is 7.10. The van der Waals surface area contributed by atoms with E-state index in [9.17, 15) is 9.59 Å². The van der Waals surface area contributed by atoms with Crippen LogP contribution in [0.4, 0.5) is 0 Å². The van der Waals surface area contributed by atoms with E-state index in [1.165, 1.54) is 0 Å². The van der Waals surface area contributed by atoms with Crippen molar-refractivity contribution >= 4 is 23.2 Å². The Hall–Kier alpha value is -2.19. The zero-order chi connectivity index (χ0) is 20.6. The first-order valence-corrected chi connectivity index (χ1v) is 11.7. The Morgan fingerprint density at radius 2 is 2.03 bits per heavy atom. The molecule has 2 amide bonds. The summed E-state index contributed by atoms with van der Waals surface area (Å²) < 4.78 is 8.20. The van der Waals surface area contributed by atoms with Gasteiger partial charge in [-0.2, -0.15) is 5.10 Å². The molecule has 3 aliphatic rings. The van der Waals surface area contributed by atoms with E-state index in [1.807, 2.05) is 44.3 Å². The summed E-state index contributed by atoms with van der Waals surface area (Å²) in [5.74, 6) is 0.496. The minimum Gasteiger partial charge on any atom is -0.371 e. The molecule has 0 bridgehead atoms. The summed E-state index contributed by atoms with van der Waals surface area (Å²) in [7, 11) is 0. The number of ether oxygens (including phenoxy) is 1. The molecule has 2 fully saturated rings. The Morgan fingerprint density at radius 1 is 1.17 bits per heavy atom. The zero-order valence-electron chi connectivity index (χ0n) is 17.2. The van der Waals surface area contributed by atoms with E-state index in [4.69, 9.17) is 4.74 Å². The van der Waals surface area contributed by atoms with Crippen LogP contribution in [0.25, 0.3) is 0 Å². The molecule has 0 N–H and O–H groups in total. The molecule has 1 spiro atoms. The van der Waals surface area contributed by atoms with Gasteiger partial charge in [-0.15, -0.1) is 11.3 Å². The van der Waals surface area contributed by atoms with Crippen molar-refractivity contribution in [3.05, 3.63) is 40.3 Å². The van der Waals surface area contributed by atoms with E-state index >= 15 is 0 Å². The van der Waals surface area contributed by atoms with Gasteiger partial charge in [-0.3, -0.25) is 14.3 Å². The maximum absolute atomic E-state index is 13.1. The molecule has 8 heteroatoms. The minimum absolute atomic E-state index is 0.0550. The fourth-order valence-electron chi connectivity index (χ4n) is 5.01. The van der Waals surface area contributed by atoms with Crippen LogP contribution in [0.2, 0.25) is 0 Å². The van der Waals surface area contributed by atoms with Crippen molar-refractivity contribution in [2.75, 3.05) is 32.8 Å². The number of morpholine rings is 1. The van der Waals surface area contributed by atoms with Gasteiger partial charge in [0.05, 0.1) is 18.6 Å². The van der Waals surface area contributed by atoms with Gasteiger partial charge in [-0.05, 0) is 36.8 Å². The second kappa shape index (κ2) is 8.15. The monoisotopic (exact) mass is 428 g/mol. The predicted octanol–water partition coefficient (Wildman–Crippen LogP) is 1.97. The number of fused-ring (bicyclic) bond motifs is 1. The van der Waals surface area contributed by atoms with Crippen LogP contribution in [0.5, 0.6) is 0 Å². The molecule has 0 aromatic carbocycles. The molecule has 5 heterocycles. The van der Waals surface area contributed by atoms with Crippen LogP contribution in [0.15, 0.2) is 29.8 Å². The molecule has 1 unspecified atom stereocenters. The molecule has 7 nitrogen and oxygen atoms in total. The lowest BCUT2D eigenvalue weighted by Gasteiger charge is -2.47. The third-order valence-corrected chi connectivity index (χ3v) is 7.67. The maximum Gasteiger partial charge on any atom is 0.228 e. The fraction of sp³-hybridized carbons (Fsp3) is 0.591. The third kappa shape index (κ3) is 3.90. The zero-order valence-corrected chi connectivity index (χ0v) is 18.0. The topological polar surface area (TPSA) is 67.7 Å². The Kier molecular flexibility index (Phi) is 5.37. The Labute approximate surface area is 180 Å². The third-order valence-electron chi connectivity index (χ3n) is 6.79. The number of amides is 2. The van der Waals surface area contributed by atoms with Gasteiger partial charge in [-0.25, -0.2) is 0 Å². The number of hydrogen-bond acceptors (Lipinski definition) is 5. The van der Waals surface area contributed by atoms with Crippen molar-refractivity contribution in [3.8, 4) is 0 Å². The van der Waals surface area contributed by atoms with Crippen molar-refractivity contribution in [3.63, 3.8) is 0 Å². The van der Waals surface area contributed by atoms with Crippen molar-refractivity contribution < 1.29 is 14.3 Å². The number of rotatable bonds is 3. The van der Waals surface area contributed by atoms with E-state index in [1.54, 1.807) is 11.3 Å². The van der Waals surface area contributed by atoms with E-state index in [0.29, 0.717) is 39.2 Å². The first-order valence-electron chi connectivity index (χ1n) is 10.9. The van der Waals surface area contributed by atoms with E-state index in [0.717, 1.165) is 42.8 Å². The Morgan fingerprint density at radius 3 is 2.83 bits per heavy atom. The number of piperidine rings is 1. The quantitative estimate of drug-likeness (QED) is 0.750. The average Bonchev–Trinajstić information content (AvgIpc) is 3.45. The van der Waals surface area contributed by atoms with Crippen LogP contribution in [0, 0.1) is 5.92 Å². The SMILES string of the molecule is O=C(Cc1cccs1)N1CCOC2(CCN(C(=O)C3CCn4nccc4C3)CC2)C1. The first-order chi connectivity index (χ1) is 14.6. The smallest absolute Gasteiger partial charge is 0.228 e. The van der Waals surface area contributed by atoms with Crippen LogP contribution < -0.4 is 0 Å². The predicted molar refractivity (Wildman–Crippen MR) is 113 cm³/mol. The van der Waals surface area contributed by atoms with Crippen LogP contribution in [-0.4, -0.2) is 69.8 Å². The van der Waals surface area contributed by atoms with Crippen LogP contribution in [-0.2, 0) is 33.7 Å². The average molecular weight is 429 g/mol. The lowest BCUT2D eigenvalue weighted by atomic mass is 9.87. The summed E-state index contributed by atoms with van der Waals surface area (Å²) in [6.07, 6.45) is 5.52. The number of likely N-dealkylation sites (tertiary alicyclic amines) is 1. The molecule has 2 aromatic heterocycles. The number of carbonyl (C=O) groups is 2. The molecule has 5 rings (SSSR count). The summed E-state index contributed by atoms with van der Waals surface area (Å²) in [6.45, 7) is 4.12. The second-order valence-electron chi connectivity index (χ2n) is 8.66. The van der Waals surface area contributed by atoms with E-state index < -0.39 is 0 Å². The van der Waals surface area contributed by atoms with Gasteiger partial charge in [0.25, 0.3) is 0 Å².